The van der Waals surface area contributed by atoms with E-state index in [1.165, 1.54) is 0 Å². The Hall–Kier alpha value is 2.82. The van der Waals surface area contributed by atoms with Gasteiger partial charge in [0.25, 0.3) is 0 Å². The first-order valence-electron chi connectivity index (χ1n) is 2.00. The van der Waals surface area contributed by atoms with Crippen LogP contribution < -0.4 is 25.1 Å². The molecule has 0 bridgehead atoms. The van der Waals surface area contributed by atoms with E-state index in [4.69, 9.17) is 48.1 Å². The largest absolute Gasteiger partial charge is 3.00 e. The van der Waals surface area contributed by atoms with Crippen LogP contribution in [0.3, 0.4) is 0 Å². The van der Waals surface area contributed by atoms with Crippen molar-refractivity contribution in [2.75, 3.05) is 0 Å². The molecule has 0 fully saturated rings. The van der Waals surface area contributed by atoms with E-state index in [1.54, 1.807) is 0 Å². The summed E-state index contributed by atoms with van der Waals surface area (Å²) in [4.78, 5) is 0. The molecule has 0 aromatic heterocycles. The van der Waals surface area contributed by atoms with Gasteiger partial charge < -0.3 is 0 Å². The molecule has 17 heteroatoms. The smallest absolute Gasteiger partial charge is 3.00 e. The van der Waals surface area contributed by atoms with E-state index in [0.29, 0.717) is 0 Å². The van der Waals surface area contributed by atoms with E-state index in [2.05, 4.69) is 0 Å². The zero-order valence-electron chi connectivity index (χ0n) is 7.12. The quantitative estimate of drug-likeness (QED) is 0.212. The van der Waals surface area contributed by atoms with E-state index in [0.717, 1.165) is 0 Å². The van der Waals surface area contributed by atoms with Gasteiger partial charge in [0.2, 0.25) is 0 Å². The molecule has 0 rings (SSSR count). The maximum Gasteiger partial charge on any atom is 3.00 e. The van der Waals surface area contributed by atoms with Gasteiger partial charge in [-0.05, 0) is 0 Å². The van der Waals surface area contributed by atoms with Crippen LogP contribution in [-0.4, -0.2) is 40.1 Å². The van der Waals surface area contributed by atoms with Crippen LogP contribution in [-0.2, 0) is 23.0 Å². The van der Waals surface area contributed by atoms with Crippen LogP contribution in [0, 0.1) is 81.7 Å². The fourth-order valence-corrected chi connectivity index (χ4v) is 0. The predicted molar refractivity (Wildman–Crippen MR) is 21.4 cm³/mol. The molecule has 17 heavy (non-hydrogen) atoms. The Morgan fingerprint density at radius 1 is 0.412 bits per heavy atom. The second kappa shape index (κ2) is 13.8. The van der Waals surface area contributed by atoms with Gasteiger partial charge in [-0.25, -0.2) is 0 Å². The second-order valence-corrected chi connectivity index (χ2v) is 6.36. The van der Waals surface area contributed by atoms with Gasteiger partial charge in [-0.3, -0.25) is 0 Å². The van der Waals surface area contributed by atoms with E-state index in [1.807, 2.05) is 0 Å². The van der Waals surface area contributed by atoms with Crippen molar-refractivity contribution < 1.29 is 130 Å². The van der Waals surface area contributed by atoms with Crippen LogP contribution in [0.4, 0.5) is 0 Å². The van der Waals surface area contributed by atoms with E-state index in [9.17, 15) is 0 Å². The molecular formula is Nd2O12Se3. The number of hydrogen-bond donors (Lipinski definition) is 0. The Morgan fingerprint density at radius 3 is 0.412 bits per heavy atom. The van der Waals surface area contributed by atoms with Gasteiger partial charge in [0.1, 0.15) is 0 Å². The SMILES string of the molecule is O=[Se](=O)([O-])[O-].O=[Se](=O)([O-])[O-].O=[Se](=O)([O-])[O-].[Nd+3].[Nd+3]. The standard InChI is InChI=1S/2Nd.3H2O4Se/c;;3*1-5(2,3)4/h;;3*(H2,1,2,3,4)/q2*+3;;;/p-6. The molecule has 0 atom stereocenters. The Morgan fingerprint density at radius 2 is 0.412 bits per heavy atom. The molecule has 0 aliphatic carbocycles. The zero-order chi connectivity index (χ0) is 13.5. The molecule has 0 heterocycles. The third-order valence-corrected chi connectivity index (χ3v) is 0. The molecule has 0 N–H and O–H groups in total. The third-order valence-electron chi connectivity index (χ3n) is 0. The molecule has 2 radical (unpaired) electrons. The van der Waals surface area contributed by atoms with Crippen molar-refractivity contribution in [3.8, 4) is 0 Å². The minimum Gasteiger partial charge on any atom is 3.00 e. The fraction of sp³-hybridized carbons (Fsp3) is 0. The maximum absolute atomic E-state index is 8.59. The Labute approximate surface area is 166 Å². The third kappa shape index (κ3) is 670. The van der Waals surface area contributed by atoms with Crippen molar-refractivity contribution in [2.45, 2.75) is 0 Å². The number of hydrogen-bond acceptors (Lipinski definition) is 12. The van der Waals surface area contributed by atoms with Gasteiger partial charge in [-0.1, -0.05) is 0 Å². The van der Waals surface area contributed by atoms with Crippen molar-refractivity contribution in [1.82, 2.24) is 0 Å². The van der Waals surface area contributed by atoms with E-state index < -0.39 is 40.1 Å². The summed E-state index contributed by atoms with van der Waals surface area (Å²) in [5, 5.41) is 0. The zero-order valence-corrected chi connectivity index (χ0v) is 18.7. The maximum atomic E-state index is 8.59. The molecule has 0 aliphatic rings. The van der Waals surface area contributed by atoms with Gasteiger partial charge >= 0.3 is 170 Å². The van der Waals surface area contributed by atoms with Crippen LogP contribution in [0.15, 0.2) is 0 Å². The van der Waals surface area contributed by atoms with Crippen LogP contribution in [0.2, 0.25) is 0 Å². The molecule has 0 unspecified atom stereocenters. The van der Waals surface area contributed by atoms with Gasteiger partial charge in [-0.15, -0.1) is 0 Å². The van der Waals surface area contributed by atoms with Crippen molar-refractivity contribution >= 4 is 40.1 Å². The van der Waals surface area contributed by atoms with Crippen LogP contribution in [0.5, 0.6) is 0 Å². The minimum atomic E-state index is -5.75. The number of rotatable bonds is 0. The van der Waals surface area contributed by atoms with Crippen LogP contribution in [0.25, 0.3) is 0 Å². The first kappa shape index (κ1) is 32.0. The molecule has 12 nitrogen and oxygen atoms in total. The molecule has 0 spiro atoms. The molecule has 0 aromatic carbocycles. The summed E-state index contributed by atoms with van der Waals surface area (Å²) in [5.74, 6) is 0. The topological polar surface area (TPSA) is 241 Å². The molecule has 0 aliphatic heterocycles. The molecule has 98 valence electrons. The van der Waals surface area contributed by atoms with Crippen LogP contribution >= 0.6 is 0 Å². The van der Waals surface area contributed by atoms with Crippen molar-refractivity contribution in [1.29, 1.82) is 0 Å². The second-order valence-electron chi connectivity index (χ2n) is 1.22. The summed E-state index contributed by atoms with van der Waals surface area (Å²) >= 11 is -17.2. The average Bonchev–Trinajstić information content (AvgIpc) is 1.41. The Kier molecular flexibility index (Phi) is 25.9. The summed E-state index contributed by atoms with van der Waals surface area (Å²) in [5.41, 5.74) is 0. The summed E-state index contributed by atoms with van der Waals surface area (Å²) in [7, 11) is 0. The summed E-state index contributed by atoms with van der Waals surface area (Å²) in [6.07, 6.45) is 0. The Balaban J connectivity index is -0.0000000400. The average molecular weight is 717 g/mol. The van der Waals surface area contributed by atoms with E-state index in [-0.39, 0.29) is 81.7 Å². The normalized spacial score (nSPS) is 10.2. The van der Waals surface area contributed by atoms with Gasteiger partial charge in [0, 0.05) is 0 Å². The van der Waals surface area contributed by atoms with Gasteiger partial charge in [-0.2, -0.15) is 0 Å². The molecule has 0 aromatic rings. The predicted octanol–water partition coefficient (Wildman–Crippen LogP) is -8.99. The van der Waals surface area contributed by atoms with E-state index >= 15 is 0 Å². The minimum absolute atomic E-state index is 0. The van der Waals surface area contributed by atoms with Crippen molar-refractivity contribution in [3.05, 3.63) is 0 Å². The molecule has 0 amide bonds. The fourth-order valence-electron chi connectivity index (χ4n) is 0. The first-order chi connectivity index (χ1) is 6.00. The van der Waals surface area contributed by atoms with Crippen molar-refractivity contribution in [2.24, 2.45) is 0 Å². The monoisotopic (exact) mass is 716 g/mol. The summed E-state index contributed by atoms with van der Waals surface area (Å²) in [6.45, 7) is 0. The van der Waals surface area contributed by atoms with Crippen molar-refractivity contribution in [3.63, 3.8) is 0 Å². The summed E-state index contributed by atoms with van der Waals surface area (Å²) in [6, 6.07) is 0. The van der Waals surface area contributed by atoms with Gasteiger partial charge in [0.15, 0.2) is 0 Å². The molecular weight excluding hydrogens is 717 g/mol. The Bertz CT molecular complexity index is 341. The van der Waals surface area contributed by atoms with Crippen LogP contribution in [0.1, 0.15) is 0 Å². The molecule has 0 saturated heterocycles. The molecule has 0 saturated carbocycles. The summed E-state index contributed by atoms with van der Waals surface area (Å²) < 4.78 is 103. The van der Waals surface area contributed by atoms with Gasteiger partial charge in [0.05, 0.1) is 0 Å². The first-order valence-corrected chi connectivity index (χ1v) is 10.4.